The maximum atomic E-state index is 10.1. The van der Waals surface area contributed by atoms with Crippen LogP contribution in [0.3, 0.4) is 0 Å². The molecule has 0 aliphatic carbocycles. The van der Waals surface area contributed by atoms with Gasteiger partial charge in [0.1, 0.15) is 0 Å². The number of rotatable bonds is 6. The molecule has 0 aliphatic heterocycles. The van der Waals surface area contributed by atoms with E-state index < -0.39 is 0 Å². The zero-order valence-corrected chi connectivity index (χ0v) is 13.2. The van der Waals surface area contributed by atoms with Gasteiger partial charge >= 0.3 is 0 Å². The number of hydrogen-bond donors (Lipinski definition) is 1. The lowest BCUT2D eigenvalue weighted by atomic mass is 9.78. The van der Waals surface area contributed by atoms with Crippen LogP contribution in [0.1, 0.15) is 28.5 Å². The average molecular weight is 302 g/mol. The molecule has 2 atom stereocenters. The molecule has 0 saturated heterocycles. The smallest absolute Gasteiger partial charge is 0.0505 e. The van der Waals surface area contributed by atoms with Gasteiger partial charge in [-0.2, -0.15) is 0 Å². The summed E-state index contributed by atoms with van der Waals surface area (Å²) < 4.78 is 0. The van der Waals surface area contributed by atoms with Gasteiger partial charge in [0.15, 0.2) is 0 Å². The molecule has 0 saturated carbocycles. The standard InChI is InChI=1S/C22H22O/c23-17-22(20-14-8-3-9-15-20)21(19-12-6-2-7-13-19)16-18-10-4-1-5-11-18/h1-15,21-23H,16-17H2. The van der Waals surface area contributed by atoms with E-state index in [-0.39, 0.29) is 18.4 Å². The number of benzene rings is 3. The molecule has 1 N–H and O–H groups in total. The molecule has 0 fully saturated rings. The Morgan fingerprint density at radius 3 is 1.48 bits per heavy atom. The van der Waals surface area contributed by atoms with Crippen LogP contribution >= 0.6 is 0 Å². The summed E-state index contributed by atoms with van der Waals surface area (Å²) in [6.45, 7) is 0.149. The highest BCUT2D eigenvalue weighted by molar-refractivity contribution is 5.31. The fourth-order valence-corrected chi connectivity index (χ4v) is 3.23. The Kier molecular flexibility index (Phi) is 5.23. The molecule has 23 heavy (non-hydrogen) atoms. The predicted octanol–water partition coefficient (Wildman–Crippen LogP) is 4.79. The first-order valence-electron chi connectivity index (χ1n) is 8.13. The Morgan fingerprint density at radius 1 is 0.565 bits per heavy atom. The quantitative estimate of drug-likeness (QED) is 0.694. The monoisotopic (exact) mass is 302 g/mol. The molecule has 116 valence electrons. The summed E-state index contributed by atoms with van der Waals surface area (Å²) in [5.74, 6) is 0.352. The Bertz CT molecular complexity index is 692. The summed E-state index contributed by atoms with van der Waals surface area (Å²) >= 11 is 0. The van der Waals surface area contributed by atoms with E-state index in [1.165, 1.54) is 16.7 Å². The molecule has 1 nitrogen and oxygen atoms in total. The summed E-state index contributed by atoms with van der Waals surface area (Å²) in [7, 11) is 0. The summed E-state index contributed by atoms with van der Waals surface area (Å²) in [6, 6.07) is 31.4. The first kappa shape index (κ1) is 15.5. The van der Waals surface area contributed by atoms with Gasteiger partial charge in [-0.25, -0.2) is 0 Å². The molecule has 2 unspecified atom stereocenters. The van der Waals surface area contributed by atoms with E-state index in [1.54, 1.807) is 0 Å². The van der Waals surface area contributed by atoms with Crippen molar-refractivity contribution in [1.29, 1.82) is 0 Å². The second kappa shape index (κ2) is 7.75. The lowest BCUT2D eigenvalue weighted by Gasteiger charge is -2.27. The lowest BCUT2D eigenvalue weighted by molar-refractivity contribution is 0.247. The zero-order chi connectivity index (χ0) is 15.9. The highest BCUT2D eigenvalue weighted by Gasteiger charge is 2.24. The molecule has 3 rings (SSSR count). The van der Waals surface area contributed by atoms with Crippen molar-refractivity contribution in [3.05, 3.63) is 108 Å². The van der Waals surface area contributed by atoms with Crippen LogP contribution in [0.2, 0.25) is 0 Å². The van der Waals surface area contributed by atoms with Gasteiger partial charge in [-0.1, -0.05) is 91.0 Å². The molecule has 1 heteroatoms. The second-order valence-electron chi connectivity index (χ2n) is 5.91. The predicted molar refractivity (Wildman–Crippen MR) is 95.6 cm³/mol. The molecule has 0 amide bonds. The van der Waals surface area contributed by atoms with Crippen LogP contribution in [0.5, 0.6) is 0 Å². The first-order valence-corrected chi connectivity index (χ1v) is 8.13. The summed E-state index contributed by atoms with van der Waals surface area (Å²) in [5.41, 5.74) is 3.77. The van der Waals surface area contributed by atoms with Gasteiger partial charge in [-0.15, -0.1) is 0 Å². The van der Waals surface area contributed by atoms with Crippen molar-refractivity contribution in [3.63, 3.8) is 0 Å². The van der Waals surface area contributed by atoms with E-state index in [9.17, 15) is 5.11 Å². The van der Waals surface area contributed by atoms with Gasteiger partial charge in [0.05, 0.1) is 6.61 Å². The van der Waals surface area contributed by atoms with Crippen molar-refractivity contribution in [1.82, 2.24) is 0 Å². The summed E-state index contributed by atoms with van der Waals surface area (Å²) in [5, 5.41) is 10.1. The van der Waals surface area contributed by atoms with Crippen LogP contribution < -0.4 is 0 Å². The summed E-state index contributed by atoms with van der Waals surface area (Å²) in [4.78, 5) is 0. The molecule has 3 aromatic carbocycles. The maximum Gasteiger partial charge on any atom is 0.0505 e. The third kappa shape index (κ3) is 3.88. The highest BCUT2D eigenvalue weighted by Crippen LogP contribution is 2.35. The molecule has 0 heterocycles. The maximum absolute atomic E-state index is 10.1. The normalized spacial score (nSPS) is 13.4. The largest absolute Gasteiger partial charge is 0.396 e. The van der Waals surface area contributed by atoms with Crippen molar-refractivity contribution in [2.24, 2.45) is 0 Å². The van der Waals surface area contributed by atoms with E-state index in [2.05, 4.69) is 60.7 Å². The lowest BCUT2D eigenvalue weighted by Crippen LogP contribution is -2.17. The van der Waals surface area contributed by atoms with Gasteiger partial charge in [0.25, 0.3) is 0 Å². The number of aliphatic hydroxyl groups excluding tert-OH is 1. The van der Waals surface area contributed by atoms with Crippen LogP contribution in [0.4, 0.5) is 0 Å². The van der Waals surface area contributed by atoms with Gasteiger partial charge in [-0.05, 0) is 29.0 Å². The van der Waals surface area contributed by atoms with Crippen molar-refractivity contribution >= 4 is 0 Å². The van der Waals surface area contributed by atoms with E-state index in [0.717, 1.165) is 6.42 Å². The van der Waals surface area contributed by atoms with Gasteiger partial charge in [-0.3, -0.25) is 0 Å². The number of hydrogen-bond acceptors (Lipinski definition) is 1. The molecule has 0 bridgehead atoms. The van der Waals surface area contributed by atoms with Crippen molar-refractivity contribution in [2.45, 2.75) is 18.3 Å². The molecule has 0 radical (unpaired) electrons. The van der Waals surface area contributed by atoms with Gasteiger partial charge in [0.2, 0.25) is 0 Å². The van der Waals surface area contributed by atoms with E-state index in [1.807, 2.05) is 30.3 Å². The van der Waals surface area contributed by atoms with E-state index >= 15 is 0 Å². The van der Waals surface area contributed by atoms with Crippen LogP contribution in [0.25, 0.3) is 0 Å². The first-order chi connectivity index (χ1) is 11.4. The van der Waals surface area contributed by atoms with Crippen LogP contribution in [-0.4, -0.2) is 11.7 Å². The Hall–Kier alpha value is -2.38. The van der Waals surface area contributed by atoms with E-state index in [4.69, 9.17) is 0 Å². The van der Waals surface area contributed by atoms with Crippen molar-refractivity contribution in [3.8, 4) is 0 Å². The topological polar surface area (TPSA) is 20.2 Å². The second-order valence-corrected chi connectivity index (χ2v) is 5.91. The van der Waals surface area contributed by atoms with Crippen molar-refractivity contribution < 1.29 is 5.11 Å². The summed E-state index contributed by atoms with van der Waals surface area (Å²) in [6.07, 6.45) is 0.922. The van der Waals surface area contributed by atoms with E-state index in [0.29, 0.717) is 0 Å². The third-order valence-electron chi connectivity index (χ3n) is 4.44. The highest BCUT2D eigenvalue weighted by atomic mass is 16.3. The average Bonchev–Trinajstić information content (AvgIpc) is 2.64. The van der Waals surface area contributed by atoms with Crippen LogP contribution in [-0.2, 0) is 6.42 Å². The Labute approximate surface area is 138 Å². The van der Waals surface area contributed by atoms with Gasteiger partial charge in [0, 0.05) is 5.92 Å². The molecule has 3 aromatic rings. The Morgan fingerprint density at radius 2 is 1.00 bits per heavy atom. The molecule has 0 aromatic heterocycles. The van der Waals surface area contributed by atoms with Crippen LogP contribution in [0, 0.1) is 0 Å². The van der Waals surface area contributed by atoms with Crippen LogP contribution in [0.15, 0.2) is 91.0 Å². The minimum absolute atomic E-state index is 0.0961. The van der Waals surface area contributed by atoms with Gasteiger partial charge < -0.3 is 5.11 Å². The minimum Gasteiger partial charge on any atom is -0.396 e. The molecular formula is C22H22O. The zero-order valence-electron chi connectivity index (χ0n) is 13.2. The SMILES string of the molecule is OCC(c1ccccc1)C(Cc1ccccc1)c1ccccc1. The molecule has 0 aliphatic rings. The third-order valence-corrected chi connectivity index (χ3v) is 4.44. The fraction of sp³-hybridized carbons (Fsp3) is 0.182. The fourth-order valence-electron chi connectivity index (χ4n) is 3.23. The minimum atomic E-state index is 0.0961. The molecular weight excluding hydrogens is 280 g/mol. The number of aliphatic hydroxyl groups is 1. The molecule has 0 spiro atoms. The Balaban J connectivity index is 1.97. The van der Waals surface area contributed by atoms with Crippen molar-refractivity contribution in [2.75, 3.05) is 6.61 Å².